The number of fused-ring (bicyclic) bond motifs is 1. The van der Waals surface area contributed by atoms with Crippen LogP contribution in [0.1, 0.15) is 12.0 Å². The van der Waals surface area contributed by atoms with Crippen molar-refractivity contribution < 1.29 is 9.59 Å². The number of hydrogen-bond acceptors (Lipinski definition) is 7. The van der Waals surface area contributed by atoms with Crippen LogP contribution in [-0.4, -0.2) is 67.6 Å². The lowest BCUT2D eigenvalue weighted by atomic mass is 10.1. The van der Waals surface area contributed by atoms with Crippen LogP contribution in [0.4, 0.5) is 11.6 Å². The van der Waals surface area contributed by atoms with Crippen LogP contribution in [0, 0.1) is 0 Å². The zero-order valence-corrected chi connectivity index (χ0v) is 24.0. The van der Waals surface area contributed by atoms with Gasteiger partial charge in [0.25, 0.3) is 11.5 Å². The summed E-state index contributed by atoms with van der Waals surface area (Å²) in [6.45, 7) is 2.38. The van der Waals surface area contributed by atoms with Crippen molar-refractivity contribution in [3.05, 3.63) is 85.0 Å². The number of piperazine rings is 1. The monoisotopic (exact) mass is 595 g/mol. The fourth-order valence-corrected chi connectivity index (χ4v) is 6.03. The zero-order chi connectivity index (χ0) is 29.0. The number of hydrogen-bond donors (Lipinski definition) is 0. The molecular formula is C28H27Cl2N7O4. The molecular weight excluding hydrogens is 569 g/mol. The Bertz CT molecular complexity index is 1810. The first-order valence-electron chi connectivity index (χ1n) is 13.2. The van der Waals surface area contributed by atoms with Crippen LogP contribution in [0.2, 0.25) is 10.0 Å². The maximum absolute atomic E-state index is 13.4. The maximum atomic E-state index is 13.4. The highest BCUT2D eigenvalue weighted by atomic mass is 35.5. The molecule has 0 spiro atoms. The highest BCUT2D eigenvalue weighted by Crippen LogP contribution is 2.36. The minimum absolute atomic E-state index is 0.0480. The van der Waals surface area contributed by atoms with Gasteiger partial charge in [0.15, 0.2) is 11.2 Å². The summed E-state index contributed by atoms with van der Waals surface area (Å²) in [6, 6.07) is 14.0. The fraction of sp³-hybridized carbons (Fsp3) is 0.321. The summed E-state index contributed by atoms with van der Waals surface area (Å²) in [4.78, 5) is 62.2. The number of aromatic nitrogens is 4. The van der Waals surface area contributed by atoms with E-state index in [1.54, 1.807) is 25.2 Å². The number of aryl methyl sites for hydroxylation is 1. The molecule has 4 heterocycles. The van der Waals surface area contributed by atoms with Gasteiger partial charge in [0, 0.05) is 40.3 Å². The number of imidazole rings is 1. The Labute approximate surface area is 244 Å². The molecule has 1 unspecified atom stereocenters. The van der Waals surface area contributed by atoms with E-state index in [9.17, 15) is 19.2 Å². The summed E-state index contributed by atoms with van der Waals surface area (Å²) in [5, 5.41) is 0.437. The molecule has 2 amide bonds. The summed E-state index contributed by atoms with van der Waals surface area (Å²) in [5.74, 6) is -0.0848. The Kier molecular flexibility index (Phi) is 6.96. The average Bonchev–Trinajstić information content (AvgIpc) is 3.49. The minimum atomic E-state index is -0.615. The molecule has 13 heteroatoms. The molecule has 0 radical (unpaired) electrons. The molecule has 41 heavy (non-hydrogen) atoms. The molecule has 6 rings (SSSR count). The molecule has 2 fully saturated rings. The molecule has 212 valence electrons. The summed E-state index contributed by atoms with van der Waals surface area (Å²) >= 11 is 12.5. The third-order valence-electron chi connectivity index (χ3n) is 7.84. The standard InChI is InChI=1S/C28H27Cl2N7O4/c1-32-24-23(26(40)33(2)28(32)41)36(16-17-7-4-3-5-8-17)27(31-24)35-13-11-34(12-14-35)20-15-21(38)37(25(20)39)19-10-6-9-18(29)22(19)30/h3-10,20H,11-16H2,1-2H3. The van der Waals surface area contributed by atoms with Crippen molar-refractivity contribution in [1.29, 1.82) is 0 Å². The Morgan fingerprint density at radius 1 is 0.878 bits per heavy atom. The van der Waals surface area contributed by atoms with Crippen LogP contribution < -0.4 is 21.0 Å². The van der Waals surface area contributed by atoms with Crippen LogP contribution in [0.3, 0.4) is 0 Å². The van der Waals surface area contributed by atoms with Gasteiger partial charge in [0.1, 0.15) is 0 Å². The van der Waals surface area contributed by atoms with E-state index in [2.05, 4.69) is 4.90 Å². The molecule has 2 aliphatic rings. The molecule has 0 aliphatic carbocycles. The van der Waals surface area contributed by atoms with Crippen molar-refractivity contribution in [2.24, 2.45) is 14.1 Å². The summed E-state index contributed by atoms with van der Waals surface area (Å²) < 4.78 is 4.33. The van der Waals surface area contributed by atoms with Gasteiger partial charge in [0.2, 0.25) is 11.9 Å². The molecule has 0 N–H and O–H groups in total. The zero-order valence-electron chi connectivity index (χ0n) is 22.5. The van der Waals surface area contributed by atoms with Crippen molar-refractivity contribution in [3.8, 4) is 0 Å². The van der Waals surface area contributed by atoms with Crippen LogP contribution in [-0.2, 0) is 30.2 Å². The first-order chi connectivity index (χ1) is 19.7. The number of benzene rings is 2. The van der Waals surface area contributed by atoms with Gasteiger partial charge < -0.3 is 4.90 Å². The number of halogens is 2. The van der Waals surface area contributed by atoms with E-state index in [1.807, 2.05) is 39.8 Å². The number of anilines is 2. The third-order valence-corrected chi connectivity index (χ3v) is 8.65. The van der Waals surface area contributed by atoms with Gasteiger partial charge in [-0.25, -0.2) is 9.69 Å². The lowest BCUT2D eigenvalue weighted by Crippen LogP contribution is -2.53. The number of amides is 2. The van der Waals surface area contributed by atoms with Crippen LogP contribution in [0.25, 0.3) is 11.2 Å². The minimum Gasteiger partial charge on any atom is -0.340 e. The average molecular weight is 596 g/mol. The number of nitrogens with zero attached hydrogens (tertiary/aromatic N) is 7. The third kappa shape index (κ3) is 4.54. The van der Waals surface area contributed by atoms with Gasteiger partial charge in [-0.15, -0.1) is 0 Å². The van der Waals surface area contributed by atoms with Crippen molar-refractivity contribution in [2.45, 2.75) is 19.0 Å². The van der Waals surface area contributed by atoms with Crippen LogP contribution in [0.15, 0.2) is 58.1 Å². The topological polar surface area (TPSA) is 106 Å². The summed E-state index contributed by atoms with van der Waals surface area (Å²) in [5.41, 5.74) is 1.08. The first-order valence-corrected chi connectivity index (χ1v) is 13.9. The number of carbonyl (C=O) groups is 2. The molecule has 2 aromatic carbocycles. The molecule has 0 bridgehead atoms. The van der Waals surface area contributed by atoms with E-state index < -0.39 is 17.3 Å². The van der Waals surface area contributed by atoms with Gasteiger partial charge in [0.05, 0.1) is 34.7 Å². The Morgan fingerprint density at radius 3 is 2.29 bits per heavy atom. The van der Waals surface area contributed by atoms with Gasteiger partial charge in [-0.1, -0.05) is 59.6 Å². The summed E-state index contributed by atoms with van der Waals surface area (Å²) in [6.07, 6.45) is 0.0480. The maximum Gasteiger partial charge on any atom is 0.332 e. The van der Waals surface area contributed by atoms with Crippen molar-refractivity contribution >= 4 is 57.8 Å². The van der Waals surface area contributed by atoms with Gasteiger partial charge in [-0.3, -0.25) is 33.0 Å². The predicted octanol–water partition coefficient (Wildman–Crippen LogP) is 2.24. The van der Waals surface area contributed by atoms with Crippen molar-refractivity contribution in [3.63, 3.8) is 0 Å². The quantitative estimate of drug-likeness (QED) is 0.326. The van der Waals surface area contributed by atoms with Crippen molar-refractivity contribution in [2.75, 3.05) is 36.0 Å². The number of carbonyl (C=O) groups excluding carboxylic acids is 2. The second-order valence-corrected chi connectivity index (χ2v) is 11.0. The largest absolute Gasteiger partial charge is 0.340 e. The predicted molar refractivity (Wildman–Crippen MR) is 157 cm³/mol. The van der Waals surface area contributed by atoms with Crippen LogP contribution >= 0.6 is 23.2 Å². The van der Waals surface area contributed by atoms with E-state index in [0.29, 0.717) is 49.8 Å². The number of imide groups is 1. The van der Waals surface area contributed by atoms with E-state index in [1.165, 1.54) is 11.6 Å². The Hall–Kier alpha value is -3.93. The summed E-state index contributed by atoms with van der Waals surface area (Å²) in [7, 11) is 3.06. The smallest absolute Gasteiger partial charge is 0.332 e. The van der Waals surface area contributed by atoms with E-state index in [4.69, 9.17) is 28.2 Å². The molecule has 1 atom stereocenters. The highest BCUT2D eigenvalue weighted by molar-refractivity contribution is 6.44. The normalized spacial score (nSPS) is 18.2. The molecule has 2 saturated heterocycles. The molecule has 2 aromatic heterocycles. The number of rotatable bonds is 5. The van der Waals surface area contributed by atoms with E-state index >= 15 is 0 Å². The fourth-order valence-electron chi connectivity index (χ4n) is 5.65. The first kappa shape index (κ1) is 27.3. The Balaban J connectivity index is 1.29. The molecule has 11 nitrogen and oxygen atoms in total. The van der Waals surface area contributed by atoms with Gasteiger partial charge >= 0.3 is 5.69 Å². The highest BCUT2D eigenvalue weighted by Gasteiger charge is 2.44. The second kappa shape index (κ2) is 10.5. The lowest BCUT2D eigenvalue weighted by Gasteiger charge is -2.37. The van der Waals surface area contributed by atoms with E-state index in [0.717, 1.165) is 15.0 Å². The molecule has 4 aromatic rings. The second-order valence-electron chi connectivity index (χ2n) is 10.2. The lowest BCUT2D eigenvalue weighted by molar-refractivity contribution is -0.123. The van der Waals surface area contributed by atoms with Gasteiger partial charge in [-0.05, 0) is 17.7 Å². The van der Waals surface area contributed by atoms with Crippen molar-refractivity contribution in [1.82, 2.24) is 23.6 Å². The van der Waals surface area contributed by atoms with E-state index in [-0.39, 0.29) is 34.0 Å². The van der Waals surface area contributed by atoms with Gasteiger partial charge in [-0.2, -0.15) is 4.98 Å². The molecule has 0 saturated carbocycles. The molecule has 2 aliphatic heterocycles. The van der Waals surface area contributed by atoms with Crippen LogP contribution in [0.5, 0.6) is 0 Å². The Morgan fingerprint density at radius 2 is 1.59 bits per heavy atom. The SMILES string of the molecule is Cn1c(=O)c2c(nc(N3CCN(C4CC(=O)N(c5cccc(Cl)c5Cl)C4=O)CC3)n2Cc2ccccc2)n(C)c1=O.